The standard InChI is InChI=1S/C20H31BO6/c1-7-24-18(22)14-17(21-26-19(2,3)20(4,5)27-21)15-8-10-16(11-9-15)25-13-12-23-6/h8-11,17H,7,12-14H2,1-6H3. The monoisotopic (exact) mass is 378 g/mol. The zero-order valence-corrected chi connectivity index (χ0v) is 17.2. The van der Waals surface area contributed by atoms with E-state index < -0.39 is 18.3 Å². The molecule has 1 fully saturated rings. The minimum absolute atomic E-state index is 0.189. The molecule has 0 bridgehead atoms. The molecule has 1 aliphatic rings. The van der Waals surface area contributed by atoms with Crippen LogP contribution in [0, 0.1) is 0 Å². The van der Waals surface area contributed by atoms with Gasteiger partial charge in [0, 0.05) is 12.9 Å². The topological polar surface area (TPSA) is 63.2 Å². The summed E-state index contributed by atoms with van der Waals surface area (Å²) in [6, 6.07) is 7.65. The van der Waals surface area contributed by atoms with Crippen LogP contribution in [0.3, 0.4) is 0 Å². The van der Waals surface area contributed by atoms with Crippen LogP contribution in [0.15, 0.2) is 24.3 Å². The Morgan fingerprint density at radius 1 is 1.07 bits per heavy atom. The maximum Gasteiger partial charge on any atom is 0.466 e. The van der Waals surface area contributed by atoms with Gasteiger partial charge in [-0.1, -0.05) is 12.1 Å². The van der Waals surface area contributed by atoms with Crippen LogP contribution in [0.5, 0.6) is 5.75 Å². The number of carbonyl (C=O) groups excluding carboxylic acids is 1. The smallest absolute Gasteiger partial charge is 0.466 e. The number of ether oxygens (including phenoxy) is 3. The minimum atomic E-state index is -0.528. The molecule has 1 atom stereocenters. The first-order valence-corrected chi connectivity index (χ1v) is 9.43. The van der Waals surface area contributed by atoms with Gasteiger partial charge in [-0.25, -0.2) is 0 Å². The second-order valence-electron chi connectivity index (χ2n) is 7.65. The molecule has 2 rings (SSSR count). The molecule has 27 heavy (non-hydrogen) atoms. The van der Waals surface area contributed by atoms with Crippen LogP contribution in [0.25, 0.3) is 0 Å². The fourth-order valence-electron chi connectivity index (χ4n) is 2.88. The number of methoxy groups -OCH3 is 1. The highest BCUT2D eigenvalue weighted by Gasteiger charge is 2.54. The second-order valence-corrected chi connectivity index (χ2v) is 7.65. The van der Waals surface area contributed by atoms with Gasteiger partial charge in [0.05, 0.1) is 30.8 Å². The summed E-state index contributed by atoms with van der Waals surface area (Å²) in [7, 11) is 1.11. The average molecular weight is 378 g/mol. The van der Waals surface area contributed by atoms with Gasteiger partial charge in [0.15, 0.2) is 0 Å². The van der Waals surface area contributed by atoms with Crippen LogP contribution < -0.4 is 4.74 Å². The van der Waals surface area contributed by atoms with Crippen molar-refractivity contribution < 1.29 is 28.3 Å². The van der Waals surface area contributed by atoms with Crippen molar-refractivity contribution >= 4 is 13.1 Å². The van der Waals surface area contributed by atoms with Gasteiger partial charge in [-0.15, -0.1) is 0 Å². The Balaban J connectivity index is 2.19. The molecule has 0 aliphatic carbocycles. The van der Waals surface area contributed by atoms with Crippen molar-refractivity contribution in [3.63, 3.8) is 0 Å². The summed E-state index contributed by atoms with van der Waals surface area (Å²) in [4.78, 5) is 12.2. The molecule has 0 spiro atoms. The van der Waals surface area contributed by atoms with Gasteiger partial charge in [-0.05, 0) is 52.3 Å². The third-order valence-corrected chi connectivity index (χ3v) is 5.16. The number of hydrogen-bond donors (Lipinski definition) is 0. The molecule has 1 saturated heterocycles. The predicted molar refractivity (Wildman–Crippen MR) is 104 cm³/mol. The zero-order chi connectivity index (χ0) is 20.1. The molecule has 0 radical (unpaired) electrons. The molecule has 6 nitrogen and oxygen atoms in total. The van der Waals surface area contributed by atoms with Gasteiger partial charge in [0.2, 0.25) is 0 Å². The van der Waals surface area contributed by atoms with E-state index in [1.165, 1.54) is 0 Å². The Morgan fingerprint density at radius 2 is 1.67 bits per heavy atom. The van der Waals surface area contributed by atoms with E-state index in [0.717, 1.165) is 11.3 Å². The summed E-state index contributed by atoms with van der Waals surface area (Å²) in [6.07, 6.45) is 0.189. The second kappa shape index (κ2) is 9.08. The summed E-state index contributed by atoms with van der Waals surface area (Å²) < 4.78 is 28.1. The van der Waals surface area contributed by atoms with Crippen molar-refractivity contribution in [1.82, 2.24) is 0 Å². The third-order valence-electron chi connectivity index (χ3n) is 5.16. The lowest BCUT2D eigenvalue weighted by Crippen LogP contribution is -2.41. The van der Waals surface area contributed by atoms with E-state index in [-0.39, 0.29) is 18.2 Å². The average Bonchev–Trinajstić information content (AvgIpc) is 2.81. The number of hydrogen-bond acceptors (Lipinski definition) is 6. The lowest BCUT2D eigenvalue weighted by Gasteiger charge is -2.32. The molecule has 1 aliphatic heterocycles. The molecular formula is C20H31BO6. The fourth-order valence-corrected chi connectivity index (χ4v) is 2.88. The highest BCUT2D eigenvalue weighted by molar-refractivity contribution is 6.48. The van der Waals surface area contributed by atoms with Crippen molar-refractivity contribution in [2.75, 3.05) is 26.9 Å². The Bertz CT molecular complexity index is 597. The maximum absolute atomic E-state index is 12.2. The summed E-state index contributed by atoms with van der Waals surface area (Å²) in [5.41, 5.74) is 0.0160. The predicted octanol–water partition coefficient (Wildman–Crippen LogP) is 3.38. The molecule has 150 valence electrons. The SMILES string of the molecule is CCOC(=O)CC(B1OC(C)(C)C(C)(C)O1)c1ccc(OCCOC)cc1. The van der Waals surface area contributed by atoms with Crippen LogP contribution in [-0.2, 0) is 23.6 Å². The van der Waals surface area contributed by atoms with Gasteiger partial charge in [-0.2, -0.15) is 0 Å². The summed E-state index contributed by atoms with van der Waals surface area (Å²) in [6.45, 7) is 11.2. The van der Waals surface area contributed by atoms with E-state index in [1.54, 1.807) is 14.0 Å². The van der Waals surface area contributed by atoms with Crippen LogP contribution >= 0.6 is 0 Å². The maximum atomic E-state index is 12.2. The third kappa shape index (κ3) is 5.47. The van der Waals surface area contributed by atoms with Gasteiger partial charge in [0.25, 0.3) is 0 Å². The van der Waals surface area contributed by atoms with Crippen molar-refractivity contribution in [2.45, 2.75) is 58.1 Å². The largest absolute Gasteiger partial charge is 0.491 e. The van der Waals surface area contributed by atoms with Crippen LogP contribution in [0.4, 0.5) is 0 Å². The summed E-state index contributed by atoms with van der Waals surface area (Å²) in [5, 5.41) is 0. The molecule has 0 aromatic heterocycles. The Morgan fingerprint density at radius 3 is 2.19 bits per heavy atom. The highest BCUT2D eigenvalue weighted by atomic mass is 16.7. The lowest BCUT2D eigenvalue weighted by atomic mass is 9.66. The lowest BCUT2D eigenvalue weighted by molar-refractivity contribution is -0.143. The van der Waals surface area contributed by atoms with Crippen molar-refractivity contribution in [1.29, 1.82) is 0 Å². The van der Waals surface area contributed by atoms with E-state index in [2.05, 4.69) is 0 Å². The number of rotatable bonds is 9. The van der Waals surface area contributed by atoms with E-state index in [4.69, 9.17) is 23.5 Å². The fraction of sp³-hybridized carbons (Fsp3) is 0.650. The van der Waals surface area contributed by atoms with Gasteiger partial charge in [-0.3, -0.25) is 4.79 Å². The van der Waals surface area contributed by atoms with Gasteiger partial charge < -0.3 is 23.5 Å². The first kappa shape index (κ1) is 21.7. The van der Waals surface area contributed by atoms with Crippen LogP contribution in [-0.4, -0.2) is 51.2 Å². The van der Waals surface area contributed by atoms with E-state index in [0.29, 0.717) is 19.8 Å². The molecule has 1 heterocycles. The molecule has 1 unspecified atom stereocenters. The number of esters is 1. The molecule has 0 saturated carbocycles. The molecule has 0 amide bonds. The zero-order valence-electron chi connectivity index (χ0n) is 17.2. The highest BCUT2D eigenvalue weighted by Crippen LogP contribution is 2.42. The molecule has 0 N–H and O–H groups in total. The minimum Gasteiger partial charge on any atom is -0.491 e. The van der Waals surface area contributed by atoms with Gasteiger partial charge in [0.1, 0.15) is 12.4 Å². The summed E-state index contributed by atoms with van der Waals surface area (Å²) >= 11 is 0. The van der Waals surface area contributed by atoms with Crippen molar-refractivity contribution in [3.05, 3.63) is 29.8 Å². The molecule has 1 aromatic rings. The first-order chi connectivity index (χ1) is 12.7. The Labute approximate surface area is 162 Å². The van der Waals surface area contributed by atoms with Crippen LogP contribution in [0.2, 0.25) is 0 Å². The number of carbonyl (C=O) groups is 1. The van der Waals surface area contributed by atoms with E-state index in [9.17, 15) is 4.79 Å². The molecule has 7 heteroatoms. The number of benzene rings is 1. The first-order valence-electron chi connectivity index (χ1n) is 9.43. The normalized spacial score (nSPS) is 19.0. The van der Waals surface area contributed by atoms with E-state index in [1.807, 2.05) is 52.0 Å². The van der Waals surface area contributed by atoms with Crippen LogP contribution in [0.1, 0.15) is 52.4 Å². The van der Waals surface area contributed by atoms with E-state index >= 15 is 0 Å². The summed E-state index contributed by atoms with van der Waals surface area (Å²) in [5.74, 6) is 0.218. The van der Waals surface area contributed by atoms with Crippen molar-refractivity contribution in [2.24, 2.45) is 0 Å². The molecular weight excluding hydrogens is 347 g/mol. The quantitative estimate of drug-likeness (QED) is 0.373. The molecule has 1 aromatic carbocycles. The van der Waals surface area contributed by atoms with Crippen molar-refractivity contribution in [3.8, 4) is 5.75 Å². The van der Waals surface area contributed by atoms with Gasteiger partial charge >= 0.3 is 13.1 Å². The Hall–Kier alpha value is -1.57. The Kier molecular flexibility index (Phi) is 7.31.